The molecule has 12 heavy (non-hydrogen) atoms. The maximum Gasteiger partial charge on any atom is 0.297 e. The van der Waals surface area contributed by atoms with Crippen molar-refractivity contribution in [2.75, 3.05) is 11.5 Å². The predicted molar refractivity (Wildman–Crippen MR) is 47.3 cm³/mol. The lowest BCUT2D eigenvalue weighted by Crippen LogP contribution is -2.52. The van der Waals surface area contributed by atoms with Crippen LogP contribution in [0.25, 0.3) is 0 Å². The standard InChI is InChI=1S/C6H6BrNO3S/c7-2-1-6(9)8-5-3-12(10,11)4-5/h5H,3-4H2,(H,8,9). The molecule has 66 valence electrons. The van der Waals surface area contributed by atoms with E-state index in [4.69, 9.17) is 0 Å². The lowest BCUT2D eigenvalue weighted by Gasteiger charge is -2.25. The number of nitrogens with one attached hydrogen (secondary N) is 1. The normalized spacial score (nSPS) is 20.1. The van der Waals surface area contributed by atoms with Crippen LogP contribution < -0.4 is 5.32 Å². The van der Waals surface area contributed by atoms with Crippen molar-refractivity contribution in [2.24, 2.45) is 0 Å². The predicted octanol–water partition coefficient (Wildman–Crippen LogP) is -0.745. The smallest absolute Gasteiger partial charge is 0.297 e. The first kappa shape index (κ1) is 9.55. The Morgan fingerprint density at radius 1 is 1.50 bits per heavy atom. The highest BCUT2D eigenvalue weighted by atomic mass is 79.9. The van der Waals surface area contributed by atoms with E-state index in [2.05, 4.69) is 32.0 Å². The Bertz CT molecular complexity index is 339. The Balaban J connectivity index is 2.36. The minimum absolute atomic E-state index is 0.0305. The van der Waals surface area contributed by atoms with Crippen molar-refractivity contribution in [3.63, 3.8) is 0 Å². The average Bonchev–Trinajstić information content (AvgIpc) is 1.83. The highest BCUT2D eigenvalue weighted by Crippen LogP contribution is 2.09. The number of amides is 1. The van der Waals surface area contributed by atoms with Crippen LogP contribution >= 0.6 is 15.9 Å². The second-order valence-electron chi connectivity index (χ2n) is 2.47. The van der Waals surface area contributed by atoms with Gasteiger partial charge < -0.3 is 5.32 Å². The third-order valence-electron chi connectivity index (χ3n) is 1.41. The van der Waals surface area contributed by atoms with E-state index < -0.39 is 15.7 Å². The topological polar surface area (TPSA) is 63.2 Å². The molecule has 0 radical (unpaired) electrons. The molecule has 1 heterocycles. The van der Waals surface area contributed by atoms with Gasteiger partial charge in [0.05, 0.1) is 17.5 Å². The molecule has 1 aliphatic rings. The van der Waals surface area contributed by atoms with Gasteiger partial charge in [0.2, 0.25) is 0 Å². The van der Waals surface area contributed by atoms with Crippen molar-refractivity contribution < 1.29 is 13.2 Å². The van der Waals surface area contributed by atoms with Crippen molar-refractivity contribution in [3.05, 3.63) is 0 Å². The summed E-state index contributed by atoms with van der Waals surface area (Å²) in [6.07, 6.45) is 0. The van der Waals surface area contributed by atoms with Crippen LogP contribution in [0.15, 0.2) is 0 Å². The van der Waals surface area contributed by atoms with E-state index >= 15 is 0 Å². The summed E-state index contributed by atoms with van der Waals surface area (Å²) in [4.78, 5) is 13.0. The number of halogens is 1. The summed E-state index contributed by atoms with van der Waals surface area (Å²) in [5.41, 5.74) is 0. The maximum absolute atomic E-state index is 10.7. The molecule has 6 heteroatoms. The molecule has 0 aliphatic carbocycles. The van der Waals surface area contributed by atoms with Gasteiger partial charge in [-0.1, -0.05) is 0 Å². The summed E-state index contributed by atoms with van der Waals surface area (Å²) >= 11 is 2.76. The Kier molecular flexibility index (Phi) is 2.75. The number of sulfone groups is 1. The van der Waals surface area contributed by atoms with Gasteiger partial charge in [0.1, 0.15) is 0 Å². The first-order valence-corrected chi connectivity index (χ1v) is 5.77. The van der Waals surface area contributed by atoms with Crippen molar-refractivity contribution in [1.29, 1.82) is 0 Å². The van der Waals surface area contributed by atoms with Crippen molar-refractivity contribution >= 4 is 31.7 Å². The van der Waals surface area contributed by atoms with Crippen molar-refractivity contribution in [1.82, 2.24) is 5.32 Å². The Hall–Kier alpha value is -0.540. The second-order valence-corrected chi connectivity index (χ2v) is 5.02. The molecule has 4 nitrogen and oxygen atoms in total. The van der Waals surface area contributed by atoms with Crippen molar-refractivity contribution in [3.8, 4) is 10.8 Å². The minimum atomic E-state index is -2.87. The highest BCUT2D eigenvalue weighted by molar-refractivity contribution is 9.12. The van der Waals surface area contributed by atoms with E-state index in [-0.39, 0.29) is 17.5 Å². The fourth-order valence-electron chi connectivity index (χ4n) is 0.912. The zero-order valence-corrected chi connectivity index (χ0v) is 8.41. The number of carbonyl (C=O) groups excluding carboxylic acids is 1. The molecular formula is C6H6BrNO3S. The molecule has 0 bridgehead atoms. The fraction of sp³-hybridized carbons (Fsp3) is 0.500. The maximum atomic E-state index is 10.7. The molecule has 1 fully saturated rings. The van der Waals surface area contributed by atoms with Gasteiger partial charge >= 0.3 is 0 Å². The van der Waals surface area contributed by atoms with Crippen LogP contribution in [0.1, 0.15) is 0 Å². The molecule has 0 aromatic carbocycles. The Morgan fingerprint density at radius 3 is 2.50 bits per heavy atom. The second kappa shape index (κ2) is 3.46. The summed E-state index contributed by atoms with van der Waals surface area (Å²) < 4.78 is 21.3. The van der Waals surface area contributed by atoms with E-state index in [1.54, 1.807) is 0 Å². The number of rotatable bonds is 1. The molecular weight excluding hydrogens is 246 g/mol. The minimum Gasteiger partial charge on any atom is -0.340 e. The van der Waals surface area contributed by atoms with E-state index in [1.807, 2.05) is 0 Å². The number of hydrogen-bond acceptors (Lipinski definition) is 3. The first-order valence-electron chi connectivity index (χ1n) is 3.16. The molecule has 1 aliphatic heterocycles. The van der Waals surface area contributed by atoms with Gasteiger partial charge in [-0.05, 0) is 4.83 Å². The van der Waals surface area contributed by atoms with E-state index in [0.717, 1.165) is 0 Å². The Morgan fingerprint density at radius 2 is 2.08 bits per heavy atom. The van der Waals surface area contributed by atoms with Crippen LogP contribution in [0, 0.1) is 10.8 Å². The largest absolute Gasteiger partial charge is 0.340 e. The SMILES string of the molecule is O=C(C#CBr)NC1CS(=O)(=O)C1. The fourth-order valence-corrected chi connectivity index (χ4v) is 2.39. The van der Waals surface area contributed by atoms with Crippen molar-refractivity contribution in [2.45, 2.75) is 6.04 Å². The summed E-state index contributed by atoms with van der Waals surface area (Å²) in [5, 5.41) is 2.45. The van der Waals surface area contributed by atoms with Crippen LogP contribution in [0.5, 0.6) is 0 Å². The molecule has 0 atom stereocenters. The lowest BCUT2D eigenvalue weighted by atomic mass is 10.3. The zero-order chi connectivity index (χ0) is 9.19. The lowest BCUT2D eigenvalue weighted by molar-refractivity contribution is -0.116. The molecule has 1 saturated heterocycles. The molecule has 1 rings (SSSR count). The quantitative estimate of drug-likeness (QED) is 0.625. The van der Waals surface area contributed by atoms with Gasteiger partial charge in [-0.25, -0.2) is 8.42 Å². The molecule has 0 spiro atoms. The zero-order valence-electron chi connectivity index (χ0n) is 6.00. The van der Waals surface area contributed by atoms with Crippen LogP contribution in [-0.4, -0.2) is 31.9 Å². The number of carbonyl (C=O) groups is 1. The monoisotopic (exact) mass is 251 g/mol. The van der Waals surface area contributed by atoms with E-state index in [9.17, 15) is 13.2 Å². The van der Waals surface area contributed by atoms with Gasteiger partial charge in [-0.15, -0.1) is 0 Å². The van der Waals surface area contributed by atoms with Gasteiger partial charge in [0.25, 0.3) is 5.91 Å². The van der Waals surface area contributed by atoms with E-state index in [1.165, 1.54) is 0 Å². The Labute approximate surface area is 78.8 Å². The molecule has 0 aromatic rings. The van der Waals surface area contributed by atoms with Crippen LogP contribution in [0.2, 0.25) is 0 Å². The summed E-state index contributed by atoms with van der Waals surface area (Å²) in [6, 6.07) is -0.254. The molecule has 0 unspecified atom stereocenters. The molecule has 0 saturated carbocycles. The number of hydrogen-bond donors (Lipinski definition) is 1. The molecule has 1 N–H and O–H groups in total. The first-order chi connectivity index (χ1) is 5.53. The summed E-state index contributed by atoms with van der Waals surface area (Å²) in [6.45, 7) is 0. The molecule has 1 amide bonds. The van der Waals surface area contributed by atoms with Gasteiger partial charge in [0, 0.05) is 21.9 Å². The highest BCUT2D eigenvalue weighted by Gasteiger charge is 2.33. The van der Waals surface area contributed by atoms with Crippen LogP contribution in [0.3, 0.4) is 0 Å². The van der Waals surface area contributed by atoms with E-state index in [0.29, 0.717) is 0 Å². The van der Waals surface area contributed by atoms with Gasteiger partial charge in [-0.2, -0.15) is 0 Å². The van der Waals surface area contributed by atoms with Gasteiger partial charge in [0.15, 0.2) is 9.84 Å². The third kappa shape index (κ3) is 2.50. The van der Waals surface area contributed by atoms with Crippen LogP contribution in [0.4, 0.5) is 0 Å². The third-order valence-corrected chi connectivity index (χ3v) is 3.42. The van der Waals surface area contributed by atoms with Crippen LogP contribution in [-0.2, 0) is 14.6 Å². The average molecular weight is 252 g/mol. The summed E-state index contributed by atoms with van der Waals surface area (Å²) in [5.74, 6) is 1.80. The van der Waals surface area contributed by atoms with Gasteiger partial charge in [-0.3, -0.25) is 4.79 Å². The molecule has 0 aromatic heterocycles. The summed E-state index contributed by atoms with van der Waals surface area (Å²) in [7, 11) is -2.87.